The van der Waals surface area contributed by atoms with Crippen LogP contribution < -0.4 is 10.2 Å². The molecule has 6 heteroatoms. The van der Waals surface area contributed by atoms with Crippen LogP contribution in [0, 0.1) is 0 Å². The van der Waals surface area contributed by atoms with Crippen molar-refractivity contribution in [2.24, 2.45) is 0 Å². The summed E-state index contributed by atoms with van der Waals surface area (Å²) < 4.78 is 22.9. The minimum atomic E-state index is -3.40. The Morgan fingerprint density at radius 1 is 1.12 bits per heavy atom. The molecule has 2 aromatic carbocycles. The Labute approximate surface area is 142 Å². The molecule has 2 aromatic rings. The van der Waals surface area contributed by atoms with Gasteiger partial charge in [-0.2, -0.15) is 0 Å². The molecular formula is C18H20N2O3S. The van der Waals surface area contributed by atoms with Gasteiger partial charge in [0, 0.05) is 29.9 Å². The summed E-state index contributed by atoms with van der Waals surface area (Å²) >= 11 is 0. The zero-order chi connectivity index (χ0) is 17.3. The van der Waals surface area contributed by atoms with Crippen LogP contribution in [0.15, 0.2) is 48.5 Å². The number of fused-ring (bicyclic) bond motifs is 1. The number of nitrogens with zero attached hydrogens (tertiary/aromatic N) is 1. The molecule has 0 aromatic heterocycles. The van der Waals surface area contributed by atoms with E-state index in [9.17, 15) is 13.2 Å². The number of carbonyl (C=O) groups excluding carboxylic acids is 1. The smallest absolute Gasteiger partial charge is 0.242 e. The first-order valence-corrected chi connectivity index (χ1v) is 9.77. The Bertz CT molecular complexity index is 860. The first-order valence-electron chi connectivity index (χ1n) is 7.81. The molecule has 126 valence electrons. The number of rotatable bonds is 4. The number of carbonyl (C=O) groups is 1. The van der Waals surface area contributed by atoms with E-state index in [0.717, 1.165) is 24.9 Å². The van der Waals surface area contributed by atoms with Gasteiger partial charge in [0.1, 0.15) is 5.25 Å². The van der Waals surface area contributed by atoms with Gasteiger partial charge in [-0.1, -0.05) is 18.2 Å². The van der Waals surface area contributed by atoms with E-state index in [2.05, 4.69) is 22.3 Å². The molecule has 1 atom stereocenters. The number of amides is 1. The van der Waals surface area contributed by atoms with Crippen molar-refractivity contribution >= 4 is 32.8 Å². The lowest BCUT2D eigenvalue weighted by Gasteiger charge is -2.20. The van der Waals surface area contributed by atoms with Crippen molar-refractivity contribution in [2.45, 2.75) is 18.6 Å². The van der Waals surface area contributed by atoms with Gasteiger partial charge in [0.05, 0.1) is 0 Å². The van der Waals surface area contributed by atoms with E-state index in [4.69, 9.17) is 0 Å². The molecule has 0 saturated heterocycles. The highest BCUT2D eigenvalue weighted by Gasteiger charge is 2.24. The third-order valence-corrected chi connectivity index (χ3v) is 5.84. The molecular weight excluding hydrogens is 324 g/mol. The lowest BCUT2D eigenvalue weighted by Crippen LogP contribution is -2.31. The van der Waals surface area contributed by atoms with Gasteiger partial charge in [0.25, 0.3) is 0 Å². The van der Waals surface area contributed by atoms with Crippen LogP contribution in [-0.4, -0.2) is 32.4 Å². The summed E-state index contributed by atoms with van der Waals surface area (Å²) in [4.78, 5) is 14.2. The molecule has 0 unspecified atom stereocenters. The third-order valence-electron chi connectivity index (χ3n) is 4.35. The molecule has 0 spiro atoms. The summed E-state index contributed by atoms with van der Waals surface area (Å²) in [6.07, 6.45) is 2.08. The second kappa shape index (κ2) is 6.28. The van der Waals surface area contributed by atoms with Crippen molar-refractivity contribution in [1.82, 2.24) is 0 Å². The van der Waals surface area contributed by atoms with Gasteiger partial charge >= 0.3 is 0 Å². The number of para-hydroxylation sites is 1. The Morgan fingerprint density at radius 3 is 2.46 bits per heavy atom. The highest BCUT2D eigenvalue weighted by Crippen LogP contribution is 2.34. The van der Waals surface area contributed by atoms with Gasteiger partial charge in [0.15, 0.2) is 9.84 Å². The van der Waals surface area contributed by atoms with Crippen molar-refractivity contribution in [3.05, 3.63) is 54.1 Å². The van der Waals surface area contributed by atoms with Crippen LogP contribution in [0.25, 0.3) is 0 Å². The van der Waals surface area contributed by atoms with Gasteiger partial charge in [-0.25, -0.2) is 8.42 Å². The lowest BCUT2D eigenvalue weighted by atomic mass is 10.2. The summed E-state index contributed by atoms with van der Waals surface area (Å²) in [6.45, 7) is 2.32. The van der Waals surface area contributed by atoms with E-state index in [1.807, 2.05) is 24.3 Å². The zero-order valence-electron chi connectivity index (χ0n) is 13.7. The van der Waals surface area contributed by atoms with Gasteiger partial charge in [-0.05, 0) is 49.2 Å². The number of anilines is 3. The molecule has 1 aliphatic rings. The molecule has 1 aliphatic heterocycles. The molecule has 0 radical (unpaired) electrons. The lowest BCUT2D eigenvalue weighted by molar-refractivity contribution is -0.115. The predicted octanol–water partition coefficient (Wildman–Crippen LogP) is 2.75. The van der Waals surface area contributed by atoms with Crippen LogP contribution in [0.1, 0.15) is 12.5 Å². The largest absolute Gasteiger partial charge is 0.341 e. The van der Waals surface area contributed by atoms with Crippen LogP contribution in [-0.2, 0) is 21.1 Å². The van der Waals surface area contributed by atoms with Crippen LogP contribution >= 0.6 is 0 Å². The van der Waals surface area contributed by atoms with E-state index in [0.29, 0.717) is 5.69 Å². The summed E-state index contributed by atoms with van der Waals surface area (Å²) in [7, 11) is -3.40. The summed E-state index contributed by atoms with van der Waals surface area (Å²) in [5, 5.41) is 1.58. The molecule has 5 nitrogen and oxygen atoms in total. The van der Waals surface area contributed by atoms with Crippen molar-refractivity contribution < 1.29 is 13.2 Å². The minimum absolute atomic E-state index is 0.517. The predicted molar refractivity (Wildman–Crippen MR) is 96.5 cm³/mol. The Balaban J connectivity index is 1.74. The fraction of sp³-hybridized carbons (Fsp3) is 0.278. The van der Waals surface area contributed by atoms with Gasteiger partial charge < -0.3 is 10.2 Å². The van der Waals surface area contributed by atoms with E-state index in [-0.39, 0.29) is 0 Å². The second-order valence-electron chi connectivity index (χ2n) is 6.04. The fourth-order valence-corrected chi connectivity index (χ4v) is 3.22. The van der Waals surface area contributed by atoms with Crippen molar-refractivity contribution in [3.8, 4) is 0 Å². The van der Waals surface area contributed by atoms with E-state index >= 15 is 0 Å². The molecule has 1 N–H and O–H groups in total. The number of benzene rings is 2. The normalized spacial score (nSPS) is 15.0. The molecule has 0 saturated carbocycles. The molecule has 0 fully saturated rings. The molecule has 0 bridgehead atoms. The second-order valence-corrected chi connectivity index (χ2v) is 8.40. The van der Waals surface area contributed by atoms with Crippen molar-refractivity contribution in [2.75, 3.05) is 23.0 Å². The quantitative estimate of drug-likeness (QED) is 0.926. The zero-order valence-corrected chi connectivity index (χ0v) is 14.5. The standard InChI is InChI=1S/C18H20N2O3S/c1-13(24(2,22)23)18(21)19-15-7-9-16(10-8-15)20-12-11-14-5-3-4-6-17(14)20/h3-10,13H,11-12H2,1-2H3,(H,19,21)/t13-/m0/s1. The number of sulfone groups is 1. The highest BCUT2D eigenvalue weighted by atomic mass is 32.2. The molecule has 24 heavy (non-hydrogen) atoms. The first kappa shape index (κ1) is 16.5. The average Bonchev–Trinajstić information content (AvgIpc) is 2.98. The number of nitrogens with one attached hydrogen (secondary N) is 1. The number of hydrogen-bond acceptors (Lipinski definition) is 4. The summed E-state index contributed by atoms with van der Waals surface area (Å²) in [5.74, 6) is -0.517. The van der Waals surface area contributed by atoms with E-state index in [1.165, 1.54) is 18.2 Å². The van der Waals surface area contributed by atoms with E-state index < -0.39 is 21.0 Å². The first-order chi connectivity index (χ1) is 11.4. The highest BCUT2D eigenvalue weighted by molar-refractivity contribution is 7.92. The maximum Gasteiger partial charge on any atom is 0.242 e. The molecule has 1 heterocycles. The molecule has 0 aliphatic carbocycles. The fourth-order valence-electron chi connectivity index (χ4n) is 2.77. The van der Waals surface area contributed by atoms with Crippen LogP contribution in [0.3, 0.4) is 0 Å². The Hall–Kier alpha value is -2.34. The summed E-state index contributed by atoms with van der Waals surface area (Å²) in [5.41, 5.74) is 4.18. The van der Waals surface area contributed by atoms with Crippen LogP contribution in [0.5, 0.6) is 0 Å². The number of hydrogen-bond donors (Lipinski definition) is 1. The van der Waals surface area contributed by atoms with Crippen molar-refractivity contribution in [1.29, 1.82) is 0 Å². The van der Waals surface area contributed by atoms with Crippen molar-refractivity contribution in [3.63, 3.8) is 0 Å². The third kappa shape index (κ3) is 3.28. The van der Waals surface area contributed by atoms with Gasteiger partial charge in [0.2, 0.25) is 5.91 Å². The van der Waals surface area contributed by atoms with Crippen LogP contribution in [0.4, 0.5) is 17.1 Å². The SMILES string of the molecule is C[C@@H](C(=O)Nc1ccc(N2CCc3ccccc32)cc1)S(C)(=O)=O. The minimum Gasteiger partial charge on any atom is -0.341 e. The molecule has 3 rings (SSSR count). The van der Waals surface area contributed by atoms with E-state index in [1.54, 1.807) is 12.1 Å². The maximum absolute atomic E-state index is 12.0. The van der Waals surface area contributed by atoms with Gasteiger partial charge in [-0.15, -0.1) is 0 Å². The Kier molecular flexibility index (Phi) is 4.32. The maximum atomic E-state index is 12.0. The topological polar surface area (TPSA) is 66.5 Å². The average molecular weight is 344 g/mol. The monoisotopic (exact) mass is 344 g/mol. The summed E-state index contributed by atoms with van der Waals surface area (Å²) in [6, 6.07) is 15.8. The van der Waals surface area contributed by atoms with Gasteiger partial charge in [-0.3, -0.25) is 4.79 Å². The Morgan fingerprint density at radius 2 is 1.79 bits per heavy atom. The molecule has 1 amide bonds. The van der Waals surface area contributed by atoms with Crippen LogP contribution in [0.2, 0.25) is 0 Å².